The van der Waals surface area contributed by atoms with Crippen LogP contribution in [0.5, 0.6) is 0 Å². The van der Waals surface area contributed by atoms with Gasteiger partial charge in [-0.25, -0.2) is 0 Å². The predicted molar refractivity (Wildman–Crippen MR) is 81.4 cm³/mol. The molecule has 1 aromatic rings. The fourth-order valence-corrected chi connectivity index (χ4v) is 2.73. The minimum Gasteiger partial charge on any atom is -0.341 e. The van der Waals surface area contributed by atoms with Crippen LogP contribution in [0.25, 0.3) is 0 Å². The van der Waals surface area contributed by atoms with Gasteiger partial charge in [-0.1, -0.05) is 30.3 Å². The van der Waals surface area contributed by atoms with Crippen molar-refractivity contribution in [3.63, 3.8) is 0 Å². The molecule has 1 heterocycles. The number of amides is 1. The van der Waals surface area contributed by atoms with E-state index < -0.39 is 0 Å². The van der Waals surface area contributed by atoms with Crippen molar-refractivity contribution in [2.45, 2.75) is 25.4 Å². The van der Waals surface area contributed by atoms with E-state index in [1.807, 2.05) is 25.1 Å². The summed E-state index contributed by atoms with van der Waals surface area (Å²) in [5.41, 5.74) is 1.34. The van der Waals surface area contributed by atoms with E-state index in [9.17, 15) is 4.79 Å². The molecule has 1 saturated heterocycles. The van der Waals surface area contributed by atoms with Gasteiger partial charge in [0, 0.05) is 45.7 Å². The van der Waals surface area contributed by atoms with Gasteiger partial charge in [0.05, 0.1) is 0 Å². The summed E-state index contributed by atoms with van der Waals surface area (Å²) in [6, 6.07) is 10.9. The molecule has 110 valence electrons. The molecule has 0 aromatic heterocycles. The molecule has 0 saturated carbocycles. The third-order valence-corrected chi connectivity index (χ3v) is 4.03. The summed E-state index contributed by atoms with van der Waals surface area (Å²) in [5, 5.41) is 3.03. The van der Waals surface area contributed by atoms with Crippen LogP contribution in [-0.2, 0) is 11.3 Å². The highest BCUT2D eigenvalue weighted by molar-refractivity contribution is 5.76. The second-order valence-corrected chi connectivity index (χ2v) is 5.52. The zero-order valence-electron chi connectivity index (χ0n) is 12.5. The smallest absolute Gasteiger partial charge is 0.223 e. The van der Waals surface area contributed by atoms with Crippen molar-refractivity contribution in [1.82, 2.24) is 15.1 Å². The summed E-state index contributed by atoms with van der Waals surface area (Å²) in [5.74, 6) is 0.242. The standard InChI is InChI=1S/C16H25N3O/c1-17-10-8-16(20)18(2)15-9-11-19(13-15)12-14-6-4-3-5-7-14/h3-7,15,17H,8-13H2,1-2H3. The van der Waals surface area contributed by atoms with Gasteiger partial charge in [-0.15, -0.1) is 0 Å². The first-order valence-electron chi connectivity index (χ1n) is 7.37. The molecule has 0 bridgehead atoms. The molecule has 2 rings (SSSR count). The number of hydrogen-bond donors (Lipinski definition) is 1. The largest absolute Gasteiger partial charge is 0.341 e. The van der Waals surface area contributed by atoms with Crippen molar-refractivity contribution in [3.05, 3.63) is 35.9 Å². The van der Waals surface area contributed by atoms with Gasteiger partial charge in [-0.2, -0.15) is 0 Å². The second kappa shape index (κ2) is 7.41. The van der Waals surface area contributed by atoms with Crippen LogP contribution in [0.2, 0.25) is 0 Å². The van der Waals surface area contributed by atoms with Crippen LogP contribution in [0.15, 0.2) is 30.3 Å². The molecule has 1 fully saturated rings. The average Bonchev–Trinajstić information content (AvgIpc) is 2.93. The number of hydrogen-bond acceptors (Lipinski definition) is 3. The SMILES string of the molecule is CNCCC(=O)N(C)C1CCN(Cc2ccccc2)C1. The average molecular weight is 275 g/mol. The van der Waals surface area contributed by atoms with E-state index in [0.717, 1.165) is 32.6 Å². The predicted octanol–water partition coefficient (Wildman–Crippen LogP) is 1.33. The summed E-state index contributed by atoms with van der Waals surface area (Å²) in [6.45, 7) is 3.79. The van der Waals surface area contributed by atoms with E-state index in [2.05, 4.69) is 34.5 Å². The Kier molecular flexibility index (Phi) is 5.56. The number of likely N-dealkylation sites (tertiary alicyclic amines) is 1. The number of nitrogens with zero attached hydrogens (tertiary/aromatic N) is 2. The van der Waals surface area contributed by atoms with E-state index in [0.29, 0.717) is 12.5 Å². The molecule has 1 N–H and O–H groups in total. The highest BCUT2D eigenvalue weighted by atomic mass is 16.2. The molecule has 1 aliphatic rings. The first-order chi connectivity index (χ1) is 9.70. The summed E-state index contributed by atoms with van der Waals surface area (Å²) in [4.78, 5) is 16.4. The lowest BCUT2D eigenvalue weighted by Crippen LogP contribution is -2.39. The maximum Gasteiger partial charge on any atom is 0.223 e. The summed E-state index contributed by atoms with van der Waals surface area (Å²) >= 11 is 0. The quantitative estimate of drug-likeness (QED) is 0.851. The Morgan fingerprint density at radius 2 is 2.15 bits per heavy atom. The van der Waals surface area contributed by atoms with Crippen LogP contribution in [0.1, 0.15) is 18.4 Å². The molecule has 4 nitrogen and oxygen atoms in total. The summed E-state index contributed by atoms with van der Waals surface area (Å²) in [6.07, 6.45) is 1.66. The van der Waals surface area contributed by atoms with Crippen LogP contribution in [0, 0.1) is 0 Å². The Balaban J connectivity index is 1.81. The van der Waals surface area contributed by atoms with Gasteiger partial charge in [0.15, 0.2) is 0 Å². The Bertz CT molecular complexity index is 421. The van der Waals surface area contributed by atoms with Crippen molar-refractivity contribution < 1.29 is 4.79 Å². The third-order valence-electron chi connectivity index (χ3n) is 4.03. The third kappa shape index (κ3) is 4.05. The normalized spacial score (nSPS) is 19.2. The van der Waals surface area contributed by atoms with Gasteiger partial charge in [0.25, 0.3) is 0 Å². The van der Waals surface area contributed by atoms with E-state index in [1.54, 1.807) is 0 Å². The molecule has 20 heavy (non-hydrogen) atoms. The molecule has 0 aliphatic carbocycles. The lowest BCUT2D eigenvalue weighted by molar-refractivity contribution is -0.131. The van der Waals surface area contributed by atoms with Crippen molar-refractivity contribution in [2.75, 3.05) is 33.7 Å². The molecule has 1 amide bonds. The first kappa shape index (κ1) is 15.0. The number of likely N-dealkylation sites (N-methyl/N-ethyl adjacent to an activating group) is 1. The molecule has 1 aromatic carbocycles. The molecule has 1 atom stereocenters. The van der Waals surface area contributed by atoms with Gasteiger partial charge in [-0.3, -0.25) is 9.69 Å². The van der Waals surface area contributed by atoms with Gasteiger partial charge in [0.2, 0.25) is 5.91 Å². The Hall–Kier alpha value is -1.39. The molecular weight excluding hydrogens is 250 g/mol. The lowest BCUT2D eigenvalue weighted by Gasteiger charge is -2.25. The second-order valence-electron chi connectivity index (χ2n) is 5.52. The van der Waals surface area contributed by atoms with Crippen LogP contribution in [0.4, 0.5) is 0 Å². The number of benzene rings is 1. The minimum atomic E-state index is 0.242. The molecule has 1 unspecified atom stereocenters. The number of carbonyl (C=O) groups is 1. The van der Waals surface area contributed by atoms with E-state index >= 15 is 0 Å². The zero-order chi connectivity index (χ0) is 14.4. The van der Waals surface area contributed by atoms with Crippen LogP contribution >= 0.6 is 0 Å². The fraction of sp³-hybridized carbons (Fsp3) is 0.562. The highest BCUT2D eigenvalue weighted by Crippen LogP contribution is 2.17. The van der Waals surface area contributed by atoms with Crippen LogP contribution < -0.4 is 5.32 Å². The van der Waals surface area contributed by atoms with Crippen molar-refractivity contribution in [2.24, 2.45) is 0 Å². The van der Waals surface area contributed by atoms with E-state index in [1.165, 1.54) is 5.56 Å². The van der Waals surface area contributed by atoms with Crippen molar-refractivity contribution >= 4 is 5.91 Å². The fourth-order valence-electron chi connectivity index (χ4n) is 2.73. The summed E-state index contributed by atoms with van der Waals surface area (Å²) < 4.78 is 0. The number of rotatable bonds is 6. The number of nitrogens with one attached hydrogen (secondary N) is 1. The minimum absolute atomic E-state index is 0.242. The highest BCUT2D eigenvalue weighted by Gasteiger charge is 2.27. The molecule has 0 radical (unpaired) electrons. The van der Waals surface area contributed by atoms with Crippen molar-refractivity contribution in [3.8, 4) is 0 Å². The van der Waals surface area contributed by atoms with E-state index in [4.69, 9.17) is 0 Å². The molecular formula is C16H25N3O. The zero-order valence-corrected chi connectivity index (χ0v) is 12.5. The van der Waals surface area contributed by atoms with Gasteiger partial charge in [-0.05, 0) is 19.0 Å². The van der Waals surface area contributed by atoms with Gasteiger partial charge in [0.1, 0.15) is 0 Å². The van der Waals surface area contributed by atoms with Crippen molar-refractivity contribution in [1.29, 1.82) is 0 Å². The van der Waals surface area contributed by atoms with E-state index in [-0.39, 0.29) is 5.91 Å². The molecule has 4 heteroatoms. The Morgan fingerprint density at radius 1 is 1.40 bits per heavy atom. The Labute approximate surface area is 121 Å². The maximum atomic E-state index is 12.0. The Morgan fingerprint density at radius 3 is 2.85 bits per heavy atom. The lowest BCUT2D eigenvalue weighted by atomic mass is 10.2. The topological polar surface area (TPSA) is 35.6 Å². The van der Waals surface area contributed by atoms with Crippen LogP contribution in [0.3, 0.4) is 0 Å². The van der Waals surface area contributed by atoms with Gasteiger partial charge < -0.3 is 10.2 Å². The maximum absolute atomic E-state index is 12.0. The summed E-state index contributed by atoms with van der Waals surface area (Å²) in [7, 11) is 3.82. The van der Waals surface area contributed by atoms with Gasteiger partial charge >= 0.3 is 0 Å². The van der Waals surface area contributed by atoms with Crippen LogP contribution in [-0.4, -0.2) is 55.5 Å². The molecule has 1 aliphatic heterocycles. The number of carbonyl (C=O) groups excluding carboxylic acids is 1. The molecule has 0 spiro atoms. The first-order valence-corrected chi connectivity index (χ1v) is 7.37. The monoisotopic (exact) mass is 275 g/mol.